The molecule has 0 saturated carbocycles. The highest BCUT2D eigenvalue weighted by molar-refractivity contribution is 6.33. The molecule has 0 saturated heterocycles. The minimum Gasteiger partial charge on any atom is -0.394 e. The highest BCUT2D eigenvalue weighted by atomic mass is 35.5. The number of nitrogens with zero attached hydrogens (tertiary/aromatic N) is 1. The van der Waals surface area contributed by atoms with Crippen molar-refractivity contribution in [3.05, 3.63) is 28.5 Å². The zero-order chi connectivity index (χ0) is 13.2. The van der Waals surface area contributed by atoms with Crippen LogP contribution < -0.4 is 4.90 Å². The van der Waals surface area contributed by atoms with Crippen LogP contribution in [0.3, 0.4) is 0 Å². The Morgan fingerprint density at radius 3 is 2.47 bits per heavy atom. The molecule has 0 radical (unpaired) electrons. The number of aliphatic hydroxyl groups is 1. The van der Waals surface area contributed by atoms with Gasteiger partial charge in [-0.1, -0.05) is 25.4 Å². The van der Waals surface area contributed by atoms with E-state index >= 15 is 0 Å². The van der Waals surface area contributed by atoms with Gasteiger partial charge in [0.05, 0.1) is 23.4 Å². The summed E-state index contributed by atoms with van der Waals surface area (Å²) in [5, 5.41) is 9.87. The van der Waals surface area contributed by atoms with E-state index in [2.05, 4.69) is 0 Å². The van der Waals surface area contributed by atoms with Crippen molar-refractivity contribution in [3.8, 4) is 0 Å². The number of aryl methyl sites for hydroxylation is 1. The van der Waals surface area contributed by atoms with Crippen LogP contribution in [0, 0.1) is 18.7 Å². The van der Waals surface area contributed by atoms with Crippen LogP contribution in [0.5, 0.6) is 0 Å². The third-order valence-corrected chi connectivity index (χ3v) is 3.36. The van der Waals surface area contributed by atoms with E-state index in [-0.39, 0.29) is 24.4 Å². The first-order valence-electron chi connectivity index (χ1n) is 5.67. The van der Waals surface area contributed by atoms with Gasteiger partial charge in [-0.15, -0.1) is 0 Å². The van der Waals surface area contributed by atoms with Crippen molar-refractivity contribution < 1.29 is 9.50 Å². The van der Waals surface area contributed by atoms with E-state index in [0.29, 0.717) is 16.3 Å². The van der Waals surface area contributed by atoms with Gasteiger partial charge in [0.25, 0.3) is 0 Å². The number of hydrogen-bond acceptors (Lipinski definition) is 2. The van der Waals surface area contributed by atoms with E-state index in [4.69, 9.17) is 11.6 Å². The number of aliphatic hydroxyl groups excluding tert-OH is 1. The number of halogens is 2. The molecular formula is C13H19ClFNO. The fourth-order valence-electron chi connectivity index (χ4n) is 1.87. The average Bonchev–Trinajstić information content (AvgIpc) is 2.23. The molecular weight excluding hydrogens is 241 g/mol. The summed E-state index contributed by atoms with van der Waals surface area (Å²) in [5.74, 6) is -0.0258. The first-order chi connectivity index (χ1) is 7.88. The lowest BCUT2D eigenvalue weighted by molar-refractivity contribution is 0.234. The minimum absolute atomic E-state index is 0.0139. The number of rotatable bonds is 4. The van der Waals surface area contributed by atoms with Crippen LogP contribution in [0.1, 0.15) is 19.4 Å². The quantitative estimate of drug-likeness (QED) is 0.897. The highest BCUT2D eigenvalue weighted by Gasteiger charge is 2.20. The Balaban J connectivity index is 3.11. The summed E-state index contributed by atoms with van der Waals surface area (Å²) < 4.78 is 13.5. The zero-order valence-electron chi connectivity index (χ0n) is 10.7. The van der Waals surface area contributed by atoms with Crippen molar-refractivity contribution in [2.75, 3.05) is 18.6 Å². The Bertz CT molecular complexity index is 395. The first-order valence-corrected chi connectivity index (χ1v) is 6.05. The summed E-state index contributed by atoms with van der Waals surface area (Å²) in [7, 11) is 1.82. The van der Waals surface area contributed by atoms with E-state index in [1.807, 2.05) is 25.8 Å². The maximum atomic E-state index is 13.5. The Morgan fingerprint density at radius 2 is 2.00 bits per heavy atom. The van der Waals surface area contributed by atoms with E-state index in [0.717, 1.165) is 0 Å². The number of likely N-dealkylation sites (N-methyl/N-ethyl adjacent to an activating group) is 1. The summed E-state index contributed by atoms with van der Waals surface area (Å²) in [6.45, 7) is 5.71. The topological polar surface area (TPSA) is 23.5 Å². The SMILES string of the molecule is Cc1cc(Cl)c(N(C)C(CO)C(C)C)cc1F. The van der Waals surface area contributed by atoms with Gasteiger partial charge in [0.2, 0.25) is 0 Å². The van der Waals surface area contributed by atoms with Crippen LogP contribution in [-0.2, 0) is 0 Å². The standard InChI is InChI=1S/C13H19ClFNO/c1-8(2)13(7-17)16(4)12-6-11(15)9(3)5-10(12)14/h5-6,8,13,17H,7H2,1-4H3. The van der Waals surface area contributed by atoms with Crippen LogP contribution in [0.15, 0.2) is 12.1 Å². The van der Waals surface area contributed by atoms with E-state index in [1.165, 1.54) is 6.07 Å². The fraction of sp³-hybridized carbons (Fsp3) is 0.538. The Kier molecular flexibility index (Phi) is 4.78. The largest absolute Gasteiger partial charge is 0.394 e. The van der Waals surface area contributed by atoms with E-state index in [9.17, 15) is 9.50 Å². The smallest absolute Gasteiger partial charge is 0.128 e. The highest BCUT2D eigenvalue weighted by Crippen LogP contribution is 2.30. The molecule has 0 fully saturated rings. The maximum Gasteiger partial charge on any atom is 0.128 e. The molecule has 2 nitrogen and oxygen atoms in total. The Hall–Kier alpha value is -0.800. The molecule has 1 N–H and O–H groups in total. The Labute approximate surface area is 107 Å². The van der Waals surface area contributed by atoms with Crippen molar-refractivity contribution in [1.82, 2.24) is 0 Å². The van der Waals surface area contributed by atoms with Crippen LogP contribution in [0.4, 0.5) is 10.1 Å². The molecule has 0 bridgehead atoms. The third-order valence-electron chi connectivity index (χ3n) is 3.06. The van der Waals surface area contributed by atoms with Gasteiger partial charge < -0.3 is 10.0 Å². The summed E-state index contributed by atoms with van der Waals surface area (Å²) >= 11 is 6.11. The van der Waals surface area contributed by atoms with Crippen LogP contribution in [0.25, 0.3) is 0 Å². The van der Waals surface area contributed by atoms with Gasteiger partial charge in [0.1, 0.15) is 5.82 Å². The number of anilines is 1. The van der Waals surface area contributed by atoms with Crippen molar-refractivity contribution in [2.24, 2.45) is 5.92 Å². The third kappa shape index (κ3) is 3.11. The monoisotopic (exact) mass is 259 g/mol. The molecule has 0 aliphatic rings. The van der Waals surface area contributed by atoms with Crippen molar-refractivity contribution in [1.29, 1.82) is 0 Å². The van der Waals surface area contributed by atoms with Crippen molar-refractivity contribution in [2.45, 2.75) is 26.8 Å². The molecule has 0 spiro atoms. The molecule has 0 aliphatic heterocycles. The number of benzene rings is 1. The van der Waals surface area contributed by atoms with Crippen LogP contribution in [-0.4, -0.2) is 24.8 Å². The van der Waals surface area contributed by atoms with Crippen LogP contribution >= 0.6 is 11.6 Å². The van der Waals surface area contributed by atoms with E-state index in [1.54, 1.807) is 13.0 Å². The predicted octanol–water partition coefficient (Wildman–Crippen LogP) is 3.24. The minimum atomic E-state index is -0.281. The predicted molar refractivity (Wildman–Crippen MR) is 70.3 cm³/mol. The normalized spacial score (nSPS) is 12.9. The van der Waals surface area contributed by atoms with Crippen molar-refractivity contribution in [3.63, 3.8) is 0 Å². The summed E-state index contributed by atoms with van der Waals surface area (Å²) in [5.41, 5.74) is 1.14. The maximum absolute atomic E-state index is 13.5. The molecule has 1 aromatic rings. The average molecular weight is 260 g/mol. The Morgan fingerprint density at radius 1 is 1.41 bits per heavy atom. The second-order valence-corrected chi connectivity index (χ2v) is 5.06. The van der Waals surface area contributed by atoms with Crippen molar-refractivity contribution >= 4 is 17.3 Å². The summed E-state index contributed by atoms with van der Waals surface area (Å²) in [6, 6.07) is 2.95. The molecule has 1 aromatic carbocycles. The molecule has 96 valence electrons. The zero-order valence-corrected chi connectivity index (χ0v) is 11.4. The van der Waals surface area contributed by atoms with Gasteiger partial charge in [-0.2, -0.15) is 0 Å². The van der Waals surface area contributed by atoms with Gasteiger partial charge in [-0.25, -0.2) is 4.39 Å². The molecule has 17 heavy (non-hydrogen) atoms. The summed E-state index contributed by atoms with van der Waals surface area (Å²) in [6.07, 6.45) is 0. The lowest BCUT2D eigenvalue weighted by Crippen LogP contribution is -2.39. The van der Waals surface area contributed by atoms with Gasteiger partial charge in [0, 0.05) is 7.05 Å². The second-order valence-electron chi connectivity index (χ2n) is 4.66. The van der Waals surface area contributed by atoms with Gasteiger partial charge >= 0.3 is 0 Å². The molecule has 0 aromatic heterocycles. The fourth-order valence-corrected chi connectivity index (χ4v) is 2.22. The molecule has 1 rings (SSSR count). The second kappa shape index (κ2) is 5.69. The molecule has 1 atom stereocenters. The lowest BCUT2D eigenvalue weighted by atomic mass is 10.0. The number of hydrogen-bond donors (Lipinski definition) is 1. The molecule has 0 heterocycles. The molecule has 0 amide bonds. The van der Waals surface area contributed by atoms with Gasteiger partial charge in [-0.3, -0.25) is 0 Å². The van der Waals surface area contributed by atoms with Gasteiger partial charge in [0.15, 0.2) is 0 Å². The lowest BCUT2D eigenvalue weighted by Gasteiger charge is -2.32. The van der Waals surface area contributed by atoms with Gasteiger partial charge in [-0.05, 0) is 30.5 Å². The summed E-state index contributed by atoms with van der Waals surface area (Å²) in [4.78, 5) is 1.83. The molecule has 0 aliphatic carbocycles. The molecule has 4 heteroatoms. The first kappa shape index (κ1) is 14.3. The van der Waals surface area contributed by atoms with Crippen LogP contribution in [0.2, 0.25) is 5.02 Å². The van der Waals surface area contributed by atoms with E-state index < -0.39 is 0 Å². The molecule has 1 unspecified atom stereocenters.